The molecule has 1 aromatic carbocycles. The lowest BCUT2D eigenvalue weighted by molar-refractivity contribution is -0.133. The summed E-state index contributed by atoms with van der Waals surface area (Å²) in [4.78, 5) is 17.8. The van der Waals surface area contributed by atoms with Crippen LogP contribution in [0.3, 0.4) is 0 Å². The molecule has 0 fully saturated rings. The van der Waals surface area contributed by atoms with Crippen LogP contribution in [0.5, 0.6) is 0 Å². The third-order valence-electron chi connectivity index (χ3n) is 2.74. The average molecular weight is 292 g/mol. The highest BCUT2D eigenvalue weighted by Crippen LogP contribution is 2.21. The molecule has 2 N–H and O–H groups in total. The Labute approximate surface area is 121 Å². The van der Waals surface area contributed by atoms with Crippen molar-refractivity contribution in [3.63, 3.8) is 0 Å². The minimum Gasteiger partial charge on any atom is -0.481 e. The van der Waals surface area contributed by atoms with E-state index in [0.717, 1.165) is 17.7 Å². The molecule has 0 bridgehead atoms. The SMILES string of the molecule is COCCc1ccc(-c2cnc(SCC(=O)O)[nH]2)cc1. The van der Waals surface area contributed by atoms with Gasteiger partial charge in [0.25, 0.3) is 0 Å². The zero-order valence-corrected chi connectivity index (χ0v) is 11.9. The number of nitrogens with one attached hydrogen (secondary N) is 1. The van der Waals surface area contributed by atoms with Crippen LogP contribution in [0.15, 0.2) is 35.6 Å². The summed E-state index contributed by atoms with van der Waals surface area (Å²) >= 11 is 1.18. The molecule has 106 valence electrons. The van der Waals surface area contributed by atoms with Gasteiger partial charge < -0.3 is 14.8 Å². The molecule has 6 heteroatoms. The number of aromatic amines is 1. The Morgan fingerprint density at radius 3 is 2.80 bits per heavy atom. The van der Waals surface area contributed by atoms with E-state index in [2.05, 4.69) is 22.1 Å². The van der Waals surface area contributed by atoms with Crippen LogP contribution in [0, 0.1) is 0 Å². The van der Waals surface area contributed by atoms with Crippen molar-refractivity contribution in [1.29, 1.82) is 0 Å². The van der Waals surface area contributed by atoms with Crippen LogP contribution < -0.4 is 0 Å². The van der Waals surface area contributed by atoms with Gasteiger partial charge in [-0.3, -0.25) is 4.79 Å². The molecule has 0 aliphatic rings. The molecule has 1 heterocycles. The van der Waals surface area contributed by atoms with Crippen molar-refractivity contribution in [1.82, 2.24) is 9.97 Å². The van der Waals surface area contributed by atoms with Gasteiger partial charge in [-0.2, -0.15) is 0 Å². The average Bonchev–Trinajstić information content (AvgIpc) is 2.92. The minimum absolute atomic E-state index is 0.00289. The number of aromatic nitrogens is 2. The van der Waals surface area contributed by atoms with E-state index in [1.165, 1.54) is 17.3 Å². The second-order valence-electron chi connectivity index (χ2n) is 4.22. The highest BCUT2D eigenvalue weighted by Gasteiger charge is 2.06. The van der Waals surface area contributed by atoms with Crippen LogP contribution >= 0.6 is 11.8 Å². The lowest BCUT2D eigenvalue weighted by Crippen LogP contribution is -1.97. The number of imidazole rings is 1. The molecule has 0 radical (unpaired) electrons. The zero-order chi connectivity index (χ0) is 14.4. The Kier molecular flexibility index (Phi) is 5.20. The van der Waals surface area contributed by atoms with Gasteiger partial charge in [0.05, 0.1) is 24.3 Å². The van der Waals surface area contributed by atoms with Crippen LogP contribution in [0.2, 0.25) is 0 Å². The lowest BCUT2D eigenvalue weighted by Gasteiger charge is -2.02. The first kappa shape index (κ1) is 14.6. The number of thioether (sulfide) groups is 1. The number of methoxy groups -OCH3 is 1. The quantitative estimate of drug-likeness (QED) is 0.767. The molecule has 5 nitrogen and oxygen atoms in total. The topological polar surface area (TPSA) is 75.2 Å². The van der Waals surface area contributed by atoms with Gasteiger partial charge in [0.2, 0.25) is 0 Å². The van der Waals surface area contributed by atoms with Crippen LogP contribution in [-0.4, -0.2) is 40.5 Å². The standard InChI is InChI=1S/C14H16N2O3S/c1-19-7-6-10-2-4-11(5-3-10)12-8-15-14(16-12)20-9-13(17)18/h2-5,8H,6-7,9H2,1H3,(H,15,16)(H,17,18). The molecule has 0 saturated heterocycles. The van der Waals surface area contributed by atoms with Crippen LogP contribution in [0.1, 0.15) is 5.56 Å². The summed E-state index contributed by atoms with van der Waals surface area (Å²) in [5, 5.41) is 9.24. The van der Waals surface area contributed by atoms with Gasteiger partial charge in [-0.05, 0) is 17.5 Å². The maximum Gasteiger partial charge on any atom is 0.313 e. The molecule has 0 saturated carbocycles. The molecular formula is C14H16N2O3S. The number of benzene rings is 1. The monoisotopic (exact) mass is 292 g/mol. The summed E-state index contributed by atoms with van der Waals surface area (Å²) in [5.41, 5.74) is 3.13. The molecule has 0 unspecified atom stereocenters. The second kappa shape index (κ2) is 7.12. The molecule has 0 spiro atoms. The summed E-state index contributed by atoms with van der Waals surface area (Å²) in [5.74, 6) is -0.849. The highest BCUT2D eigenvalue weighted by atomic mass is 32.2. The summed E-state index contributed by atoms with van der Waals surface area (Å²) in [6.07, 6.45) is 2.60. The van der Waals surface area contributed by atoms with Gasteiger partial charge in [-0.25, -0.2) is 4.98 Å². The predicted octanol–water partition coefficient (Wildman–Crippen LogP) is 2.44. The van der Waals surface area contributed by atoms with E-state index in [4.69, 9.17) is 9.84 Å². The van der Waals surface area contributed by atoms with Crippen LogP contribution in [-0.2, 0) is 16.0 Å². The number of hydrogen-bond acceptors (Lipinski definition) is 4. The predicted molar refractivity (Wildman–Crippen MR) is 78.0 cm³/mol. The van der Waals surface area contributed by atoms with E-state index in [9.17, 15) is 4.79 Å². The Hall–Kier alpha value is -1.79. The molecule has 0 atom stereocenters. The molecule has 0 aliphatic heterocycles. The number of H-pyrrole nitrogens is 1. The van der Waals surface area contributed by atoms with Gasteiger partial charge >= 0.3 is 5.97 Å². The first-order valence-electron chi connectivity index (χ1n) is 6.17. The van der Waals surface area contributed by atoms with E-state index in [0.29, 0.717) is 11.8 Å². The van der Waals surface area contributed by atoms with Gasteiger partial charge in [0, 0.05) is 7.11 Å². The fourth-order valence-electron chi connectivity index (χ4n) is 1.72. The maximum atomic E-state index is 10.5. The Bertz CT molecular complexity index is 566. The van der Waals surface area contributed by atoms with Gasteiger partial charge in [0.15, 0.2) is 5.16 Å². The number of ether oxygens (including phenoxy) is 1. The lowest BCUT2D eigenvalue weighted by atomic mass is 10.1. The smallest absolute Gasteiger partial charge is 0.313 e. The van der Waals surface area contributed by atoms with Crippen molar-refractivity contribution in [3.05, 3.63) is 36.0 Å². The number of nitrogens with zero attached hydrogens (tertiary/aromatic N) is 1. The molecule has 2 aromatic rings. The summed E-state index contributed by atoms with van der Waals surface area (Å²) in [6.45, 7) is 0.708. The summed E-state index contributed by atoms with van der Waals surface area (Å²) in [7, 11) is 1.69. The van der Waals surface area contributed by atoms with E-state index >= 15 is 0 Å². The van der Waals surface area contributed by atoms with Gasteiger partial charge in [-0.15, -0.1) is 0 Å². The van der Waals surface area contributed by atoms with E-state index in [1.54, 1.807) is 13.3 Å². The number of carboxylic acids is 1. The largest absolute Gasteiger partial charge is 0.481 e. The van der Waals surface area contributed by atoms with Gasteiger partial charge in [-0.1, -0.05) is 36.0 Å². The molecule has 0 amide bonds. The molecular weight excluding hydrogens is 276 g/mol. The molecule has 20 heavy (non-hydrogen) atoms. The summed E-state index contributed by atoms with van der Waals surface area (Å²) < 4.78 is 5.04. The number of hydrogen-bond donors (Lipinski definition) is 2. The Morgan fingerprint density at radius 2 is 2.15 bits per heavy atom. The zero-order valence-electron chi connectivity index (χ0n) is 11.1. The van der Waals surface area contributed by atoms with E-state index < -0.39 is 5.97 Å². The number of rotatable bonds is 7. The Morgan fingerprint density at radius 1 is 1.40 bits per heavy atom. The Balaban J connectivity index is 2.02. The van der Waals surface area contributed by atoms with Crippen molar-refractivity contribution in [2.24, 2.45) is 0 Å². The normalized spacial score (nSPS) is 10.7. The second-order valence-corrected chi connectivity index (χ2v) is 5.19. The van der Waals surface area contributed by atoms with Crippen molar-refractivity contribution < 1.29 is 14.6 Å². The van der Waals surface area contributed by atoms with E-state index in [-0.39, 0.29) is 5.75 Å². The molecule has 2 rings (SSSR count). The van der Waals surface area contributed by atoms with E-state index in [1.807, 2.05) is 12.1 Å². The number of aliphatic carboxylic acids is 1. The third-order valence-corrected chi connectivity index (χ3v) is 3.62. The highest BCUT2D eigenvalue weighted by molar-refractivity contribution is 7.99. The fourth-order valence-corrected chi connectivity index (χ4v) is 2.29. The third kappa shape index (κ3) is 4.11. The van der Waals surface area contributed by atoms with Crippen molar-refractivity contribution in [3.8, 4) is 11.3 Å². The fraction of sp³-hybridized carbons (Fsp3) is 0.286. The maximum absolute atomic E-state index is 10.5. The minimum atomic E-state index is -0.851. The first-order valence-corrected chi connectivity index (χ1v) is 7.15. The summed E-state index contributed by atoms with van der Waals surface area (Å²) in [6, 6.07) is 8.15. The van der Waals surface area contributed by atoms with Crippen LogP contribution in [0.25, 0.3) is 11.3 Å². The number of carbonyl (C=O) groups is 1. The van der Waals surface area contributed by atoms with Crippen molar-refractivity contribution in [2.45, 2.75) is 11.6 Å². The molecule has 1 aromatic heterocycles. The van der Waals surface area contributed by atoms with Crippen molar-refractivity contribution >= 4 is 17.7 Å². The molecule has 0 aliphatic carbocycles. The van der Waals surface area contributed by atoms with Crippen molar-refractivity contribution in [2.75, 3.05) is 19.5 Å². The number of carboxylic acid groups (broad SMARTS) is 1. The van der Waals surface area contributed by atoms with Gasteiger partial charge in [0.1, 0.15) is 0 Å². The van der Waals surface area contributed by atoms with Crippen LogP contribution in [0.4, 0.5) is 0 Å². The first-order chi connectivity index (χ1) is 9.69.